The van der Waals surface area contributed by atoms with Crippen LogP contribution in [0.3, 0.4) is 0 Å². The third-order valence-electron chi connectivity index (χ3n) is 5.71. The predicted molar refractivity (Wildman–Crippen MR) is 103 cm³/mol. The molecule has 2 atom stereocenters. The number of aryl methyl sites for hydroxylation is 1. The van der Waals surface area contributed by atoms with Gasteiger partial charge in [0.15, 0.2) is 5.82 Å². The molecule has 0 N–H and O–H groups in total. The minimum absolute atomic E-state index is 0.283. The molecule has 2 aliphatic rings. The molecular weight excluding hydrogens is 324 g/mol. The molecule has 4 rings (SSSR count). The Labute approximate surface area is 155 Å². The van der Waals surface area contributed by atoms with Crippen molar-refractivity contribution in [3.63, 3.8) is 0 Å². The first kappa shape index (κ1) is 17.0. The molecule has 0 spiro atoms. The van der Waals surface area contributed by atoms with Gasteiger partial charge in [0, 0.05) is 37.3 Å². The number of anilines is 1. The number of aromatic nitrogens is 2. The number of likely N-dealkylation sites (tertiary alicyclic amines) is 1. The molecule has 0 saturated carbocycles. The van der Waals surface area contributed by atoms with E-state index < -0.39 is 0 Å². The lowest BCUT2D eigenvalue weighted by atomic mass is 9.97. The maximum absolute atomic E-state index is 12.3. The average Bonchev–Trinajstić information content (AvgIpc) is 3.07. The van der Waals surface area contributed by atoms with E-state index in [1.807, 2.05) is 49.2 Å². The molecule has 2 saturated heterocycles. The maximum Gasteiger partial charge on any atom is 0.222 e. The second-order valence-electron chi connectivity index (χ2n) is 7.42. The molecule has 5 nitrogen and oxygen atoms in total. The fourth-order valence-corrected chi connectivity index (χ4v) is 4.33. The van der Waals surface area contributed by atoms with Crippen molar-refractivity contribution in [1.29, 1.82) is 0 Å². The van der Waals surface area contributed by atoms with E-state index in [9.17, 15) is 4.79 Å². The number of fused-ring (bicyclic) bond motifs is 1. The van der Waals surface area contributed by atoms with Gasteiger partial charge in [-0.25, -0.2) is 9.97 Å². The van der Waals surface area contributed by atoms with Crippen molar-refractivity contribution in [3.05, 3.63) is 42.1 Å². The van der Waals surface area contributed by atoms with Gasteiger partial charge >= 0.3 is 0 Å². The molecule has 1 aromatic carbocycles. The Balaban J connectivity index is 1.67. The zero-order chi connectivity index (χ0) is 18.1. The van der Waals surface area contributed by atoms with E-state index in [1.54, 1.807) is 0 Å². The van der Waals surface area contributed by atoms with E-state index in [1.165, 1.54) is 0 Å². The van der Waals surface area contributed by atoms with E-state index in [-0.39, 0.29) is 5.91 Å². The summed E-state index contributed by atoms with van der Waals surface area (Å²) in [6, 6.07) is 12.9. The largest absolute Gasteiger partial charge is 0.351 e. The van der Waals surface area contributed by atoms with Crippen molar-refractivity contribution in [2.24, 2.45) is 0 Å². The number of amides is 1. The Morgan fingerprint density at radius 1 is 1.04 bits per heavy atom. The van der Waals surface area contributed by atoms with Crippen molar-refractivity contribution in [2.75, 3.05) is 18.5 Å². The van der Waals surface area contributed by atoms with Crippen LogP contribution >= 0.6 is 0 Å². The van der Waals surface area contributed by atoms with Gasteiger partial charge in [-0.3, -0.25) is 4.79 Å². The van der Waals surface area contributed by atoms with Gasteiger partial charge in [-0.15, -0.1) is 0 Å². The van der Waals surface area contributed by atoms with Crippen molar-refractivity contribution < 1.29 is 4.79 Å². The summed E-state index contributed by atoms with van der Waals surface area (Å²) in [6.07, 6.45) is 4.90. The lowest BCUT2D eigenvalue weighted by Gasteiger charge is -2.35. The second kappa shape index (κ2) is 7.06. The van der Waals surface area contributed by atoms with Crippen molar-refractivity contribution in [3.8, 4) is 11.4 Å². The molecule has 2 fully saturated rings. The van der Waals surface area contributed by atoms with E-state index in [0.29, 0.717) is 18.5 Å². The van der Waals surface area contributed by atoms with E-state index in [4.69, 9.17) is 4.98 Å². The highest BCUT2D eigenvalue weighted by Crippen LogP contribution is 2.33. The molecule has 26 heavy (non-hydrogen) atoms. The van der Waals surface area contributed by atoms with Gasteiger partial charge in [0.25, 0.3) is 0 Å². The Bertz CT molecular complexity index is 792. The number of benzene rings is 1. The van der Waals surface area contributed by atoms with Gasteiger partial charge in [-0.2, -0.15) is 0 Å². The summed E-state index contributed by atoms with van der Waals surface area (Å²) in [4.78, 5) is 26.2. The van der Waals surface area contributed by atoms with Crippen LogP contribution in [-0.4, -0.2) is 46.5 Å². The third kappa shape index (κ3) is 3.18. The Morgan fingerprint density at radius 2 is 1.85 bits per heavy atom. The van der Waals surface area contributed by atoms with Crippen LogP contribution in [0, 0.1) is 6.92 Å². The SMILES string of the molecule is Cc1cc(N2CC[C@H]3[C@H]2CCCCC(=O)N3C)nc(-c2ccccc2)n1. The van der Waals surface area contributed by atoms with Gasteiger partial charge in [0.05, 0.1) is 12.1 Å². The summed E-state index contributed by atoms with van der Waals surface area (Å²) in [5, 5.41) is 0. The summed E-state index contributed by atoms with van der Waals surface area (Å²) < 4.78 is 0. The van der Waals surface area contributed by atoms with Crippen molar-refractivity contribution in [1.82, 2.24) is 14.9 Å². The molecule has 1 aromatic heterocycles. The van der Waals surface area contributed by atoms with Crippen LogP contribution in [0.2, 0.25) is 0 Å². The summed E-state index contributed by atoms with van der Waals surface area (Å²) in [5.74, 6) is 2.05. The van der Waals surface area contributed by atoms with E-state index >= 15 is 0 Å². The Hall–Kier alpha value is -2.43. The number of hydrogen-bond acceptors (Lipinski definition) is 4. The van der Waals surface area contributed by atoms with Gasteiger partial charge in [-0.1, -0.05) is 36.8 Å². The van der Waals surface area contributed by atoms with Crippen molar-refractivity contribution >= 4 is 11.7 Å². The van der Waals surface area contributed by atoms with Gasteiger partial charge in [0.2, 0.25) is 5.91 Å². The zero-order valence-corrected chi connectivity index (χ0v) is 15.6. The zero-order valence-electron chi connectivity index (χ0n) is 15.6. The summed E-state index contributed by atoms with van der Waals surface area (Å²) in [5.41, 5.74) is 2.02. The van der Waals surface area contributed by atoms with Crippen LogP contribution in [0.1, 0.15) is 37.8 Å². The highest BCUT2D eigenvalue weighted by atomic mass is 16.2. The van der Waals surface area contributed by atoms with Gasteiger partial charge < -0.3 is 9.80 Å². The van der Waals surface area contributed by atoms with Crippen LogP contribution in [0.4, 0.5) is 5.82 Å². The first-order chi connectivity index (χ1) is 12.6. The highest BCUT2D eigenvalue weighted by Gasteiger charge is 2.39. The predicted octanol–water partition coefficient (Wildman–Crippen LogP) is 3.43. The molecule has 0 aliphatic carbocycles. The Kier molecular flexibility index (Phi) is 4.62. The van der Waals surface area contributed by atoms with Crippen LogP contribution < -0.4 is 4.90 Å². The third-order valence-corrected chi connectivity index (χ3v) is 5.71. The molecular formula is C21H26N4O. The number of nitrogens with zero attached hydrogens (tertiary/aromatic N) is 4. The quantitative estimate of drug-likeness (QED) is 0.833. The molecule has 136 valence electrons. The van der Waals surface area contributed by atoms with Crippen LogP contribution in [-0.2, 0) is 4.79 Å². The number of likely N-dealkylation sites (N-methyl/N-ethyl adjacent to an activating group) is 1. The molecule has 0 unspecified atom stereocenters. The molecule has 2 aromatic rings. The van der Waals surface area contributed by atoms with E-state index in [0.717, 1.165) is 55.1 Å². The first-order valence-electron chi connectivity index (χ1n) is 9.57. The molecule has 2 aliphatic heterocycles. The normalized spacial score (nSPS) is 23.5. The maximum atomic E-state index is 12.3. The lowest BCUT2D eigenvalue weighted by Crippen LogP contribution is -2.47. The van der Waals surface area contributed by atoms with Gasteiger partial charge in [0.1, 0.15) is 5.82 Å². The number of rotatable bonds is 2. The van der Waals surface area contributed by atoms with E-state index in [2.05, 4.69) is 16.0 Å². The summed E-state index contributed by atoms with van der Waals surface area (Å²) >= 11 is 0. The minimum Gasteiger partial charge on any atom is -0.351 e. The molecule has 1 amide bonds. The van der Waals surface area contributed by atoms with Crippen molar-refractivity contribution in [2.45, 2.75) is 51.1 Å². The monoisotopic (exact) mass is 350 g/mol. The smallest absolute Gasteiger partial charge is 0.222 e. The highest BCUT2D eigenvalue weighted by molar-refractivity contribution is 5.76. The summed E-state index contributed by atoms with van der Waals surface area (Å²) in [7, 11) is 1.97. The fourth-order valence-electron chi connectivity index (χ4n) is 4.33. The van der Waals surface area contributed by atoms with Crippen LogP contribution in [0.25, 0.3) is 11.4 Å². The molecule has 0 radical (unpaired) electrons. The van der Waals surface area contributed by atoms with Gasteiger partial charge in [-0.05, 0) is 26.2 Å². The number of carbonyl (C=O) groups excluding carboxylic acids is 1. The first-order valence-corrected chi connectivity index (χ1v) is 9.57. The standard InChI is InChI=1S/C21H26N4O/c1-15-14-19(23-21(22-15)16-8-4-3-5-9-16)25-13-12-17-18(25)10-6-7-11-20(26)24(17)2/h3-5,8-9,14,17-18H,6-7,10-13H2,1-2H3/t17-,18+/m0/s1. The topological polar surface area (TPSA) is 49.3 Å². The average molecular weight is 350 g/mol. The number of carbonyl (C=O) groups is 1. The summed E-state index contributed by atoms with van der Waals surface area (Å²) in [6.45, 7) is 2.97. The van der Waals surface area contributed by atoms with Crippen LogP contribution in [0.5, 0.6) is 0 Å². The molecule has 5 heteroatoms. The lowest BCUT2D eigenvalue weighted by molar-refractivity contribution is -0.132. The molecule has 3 heterocycles. The molecule has 0 bridgehead atoms. The Morgan fingerprint density at radius 3 is 2.65 bits per heavy atom. The number of hydrogen-bond donors (Lipinski definition) is 0. The van der Waals surface area contributed by atoms with Crippen LogP contribution in [0.15, 0.2) is 36.4 Å². The fraction of sp³-hybridized carbons (Fsp3) is 0.476. The second-order valence-corrected chi connectivity index (χ2v) is 7.42. The minimum atomic E-state index is 0.283.